The Labute approximate surface area is 146 Å². The lowest BCUT2D eigenvalue weighted by Gasteiger charge is -2.39. The van der Waals surface area contributed by atoms with Gasteiger partial charge < -0.3 is 15.2 Å². The largest absolute Gasteiger partial charge is 0.444 e. The van der Waals surface area contributed by atoms with E-state index >= 15 is 0 Å². The van der Waals surface area contributed by atoms with Gasteiger partial charge in [-0.1, -0.05) is 35.3 Å². The molecular formula is C16H22Cl2N2O3. The molecule has 128 valence electrons. The van der Waals surface area contributed by atoms with Crippen LogP contribution in [0.4, 0.5) is 4.79 Å². The van der Waals surface area contributed by atoms with Crippen LogP contribution in [-0.2, 0) is 9.47 Å². The van der Waals surface area contributed by atoms with Crippen molar-refractivity contribution >= 4 is 29.3 Å². The third-order valence-electron chi connectivity index (χ3n) is 3.55. The summed E-state index contributed by atoms with van der Waals surface area (Å²) in [5.74, 6) is 0. The molecule has 2 N–H and O–H groups in total. The van der Waals surface area contributed by atoms with E-state index in [1.807, 2.05) is 20.8 Å². The van der Waals surface area contributed by atoms with Crippen molar-refractivity contribution in [3.05, 3.63) is 33.8 Å². The number of rotatable bonds is 2. The number of ether oxygens (including phenoxy) is 2. The molecule has 1 aliphatic heterocycles. The standard InChI is InChI=1S/C16H22Cl2N2O3/c1-16(2,3)23-15(21)20-7-8-22-9-12(20)14(19)10-5-4-6-11(17)13(10)18/h4-6,12,14H,7-9,19H2,1-3H3. The topological polar surface area (TPSA) is 64.8 Å². The molecule has 2 unspecified atom stereocenters. The van der Waals surface area contributed by atoms with Crippen LogP contribution in [0.2, 0.25) is 10.0 Å². The zero-order chi connectivity index (χ0) is 17.2. The molecule has 23 heavy (non-hydrogen) atoms. The van der Waals surface area contributed by atoms with Crippen LogP contribution in [0.5, 0.6) is 0 Å². The van der Waals surface area contributed by atoms with Gasteiger partial charge >= 0.3 is 6.09 Å². The van der Waals surface area contributed by atoms with Crippen LogP contribution in [0.1, 0.15) is 32.4 Å². The first kappa shape index (κ1) is 18.3. The van der Waals surface area contributed by atoms with Crippen LogP contribution in [-0.4, -0.2) is 42.4 Å². The van der Waals surface area contributed by atoms with Gasteiger partial charge in [0.1, 0.15) is 5.60 Å². The van der Waals surface area contributed by atoms with Crippen LogP contribution < -0.4 is 5.73 Å². The van der Waals surface area contributed by atoms with E-state index in [2.05, 4.69) is 0 Å². The lowest BCUT2D eigenvalue weighted by molar-refractivity contribution is -0.0382. The van der Waals surface area contributed by atoms with Gasteiger partial charge in [-0.3, -0.25) is 4.90 Å². The molecule has 1 aliphatic rings. The van der Waals surface area contributed by atoms with E-state index in [1.54, 1.807) is 23.1 Å². The summed E-state index contributed by atoms with van der Waals surface area (Å²) in [6.45, 7) is 6.68. The fourth-order valence-electron chi connectivity index (χ4n) is 2.45. The Morgan fingerprint density at radius 3 is 2.78 bits per heavy atom. The minimum absolute atomic E-state index is 0.323. The first-order valence-electron chi connectivity index (χ1n) is 7.47. The summed E-state index contributed by atoms with van der Waals surface area (Å²) >= 11 is 12.3. The number of morpholine rings is 1. The van der Waals surface area contributed by atoms with Gasteiger partial charge in [0, 0.05) is 6.54 Å². The number of carbonyl (C=O) groups excluding carboxylic acids is 1. The van der Waals surface area contributed by atoms with Crippen molar-refractivity contribution in [2.45, 2.75) is 38.5 Å². The quantitative estimate of drug-likeness (QED) is 0.874. The second-order valence-electron chi connectivity index (χ2n) is 6.48. The van der Waals surface area contributed by atoms with Crippen molar-refractivity contribution < 1.29 is 14.3 Å². The Kier molecular flexibility index (Phi) is 5.79. The van der Waals surface area contributed by atoms with Crippen LogP contribution >= 0.6 is 23.2 Å². The lowest BCUT2D eigenvalue weighted by Crippen LogP contribution is -2.54. The van der Waals surface area contributed by atoms with Gasteiger partial charge in [-0.2, -0.15) is 0 Å². The summed E-state index contributed by atoms with van der Waals surface area (Å²) in [6.07, 6.45) is -0.403. The van der Waals surface area contributed by atoms with Gasteiger partial charge in [-0.15, -0.1) is 0 Å². The first-order valence-corrected chi connectivity index (χ1v) is 8.23. The third kappa shape index (κ3) is 4.51. The number of nitrogens with zero attached hydrogens (tertiary/aromatic N) is 1. The minimum atomic E-state index is -0.572. The minimum Gasteiger partial charge on any atom is -0.444 e. The van der Waals surface area contributed by atoms with Crippen LogP contribution in [0.3, 0.4) is 0 Å². The number of hydrogen-bond acceptors (Lipinski definition) is 4. The molecule has 7 heteroatoms. The highest BCUT2D eigenvalue weighted by Crippen LogP contribution is 2.32. The highest BCUT2D eigenvalue weighted by atomic mass is 35.5. The Morgan fingerprint density at radius 2 is 2.13 bits per heavy atom. The molecule has 0 aliphatic carbocycles. The van der Waals surface area contributed by atoms with E-state index in [0.29, 0.717) is 35.4 Å². The predicted octanol–water partition coefficient (Wildman–Crippen LogP) is 3.63. The zero-order valence-corrected chi connectivity index (χ0v) is 15.0. The summed E-state index contributed by atoms with van der Waals surface area (Å²) in [6, 6.07) is 4.40. The smallest absolute Gasteiger partial charge is 0.410 e. The lowest BCUT2D eigenvalue weighted by atomic mass is 9.98. The maximum absolute atomic E-state index is 12.4. The second kappa shape index (κ2) is 7.26. The van der Waals surface area contributed by atoms with Crippen LogP contribution in [0.25, 0.3) is 0 Å². The highest BCUT2D eigenvalue weighted by molar-refractivity contribution is 6.42. The normalized spacial score (nSPS) is 20.3. The van der Waals surface area contributed by atoms with E-state index in [0.717, 1.165) is 0 Å². The Hall–Kier alpha value is -1.01. The molecule has 1 aromatic carbocycles. The van der Waals surface area contributed by atoms with Crippen LogP contribution in [0.15, 0.2) is 18.2 Å². The van der Waals surface area contributed by atoms with Crippen molar-refractivity contribution in [1.29, 1.82) is 0 Å². The maximum atomic E-state index is 12.4. The molecule has 1 saturated heterocycles. The second-order valence-corrected chi connectivity index (χ2v) is 7.27. The van der Waals surface area contributed by atoms with E-state index < -0.39 is 17.7 Å². The molecule has 0 radical (unpaired) electrons. The van der Waals surface area contributed by atoms with E-state index in [-0.39, 0.29) is 6.04 Å². The van der Waals surface area contributed by atoms with E-state index in [4.69, 9.17) is 38.4 Å². The molecule has 2 rings (SSSR count). The molecule has 1 aromatic rings. The molecule has 1 amide bonds. The van der Waals surface area contributed by atoms with Gasteiger partial charge in [0.15, 0.2) is 0 Å². The fraction of sp³-hybridized carbons (Fsp3) is 0.562. The summed E-state index contributed by atoms with van der Waals surface area (Å²) in [7, 11) is 0. The van der Waals surface area contributed by atoms with Gasteiger partial charge in [0.05, 0.1) is 35.3 Å². The number of hydrogen-bond donors (Lipinski definition) is 1. The molecule has 5 nitrogen and oxygen atoms in total. The number of benzene rings is 1. The highest BCUT2D eigenvalue weighted by Gasteiger charge is 2.36. The molecule has 0 aromatic heterocycles. The van der Waals surface area contributed by atoms with E-state index in [9.17, 15) is 4.79 Å². The Morgan fingerprint density at radius 1 is 1.43 bits per heavy atom. The molecule has 2 atom stereocenters. The van der Waals surface area contributed by atoms with Gasteiger partial charge in [0.2, 0.25) is 0 Å². The average Bonchev–Trinajstić information content (AvgIpc) is 2.47. The van der Waals surface area contributed by atoms with Crippen molar-refractivity contribution in [1.82, 2.24) is 4.90 Å². The van der Waals surface area contributed by atoms with Crippen molar-refractivity contribution in [2.24, 2.45) is 5.73 Å². The molecular weight excluding hydrogens is 339 g/mol. The Balaban J connectivity index is 2.23. The average molecular weight is 361 g/mol. The van der Waals surface area contributed by atoms with Crippen molar-refractivity contribution in [2.75, 3.05) is 19.8 Å². The van der Waals surface area contributed by atoms with Crippen molar-refractivity contribution in [3.8, 4) is 0 Å². The van der Waals surface area contributed by atoms with Crippen LogP contribution in [0, 0.1) is 0 Å². The molecule has 0 bridgehead atoms. The molecule has 0 saturated carbocycles. The summed E-state index contributed by atoms with van der Waals surface area (Å²) in [5, 5.41) is 0.830. The fourth-order valence-corrected chi connectivity index (χ4v) is 2.89. The van der Waals surface area contributed by atoms with Crippen molar-refractivity contribution in [3.63, 3.8) is 0 Å². The predicted molar refractivity (Wildman–Crippen MR) is 90.9 cm³/mol. The monoisotopic (exact) mass is 360 g/mol. The van der Waals surface area contributed by atoms with Gasteiger partial charge in [-0.05, 0) is 32.4 Å². The molecule has 1 fully saturated rings. The summed E-state index contributed by atoms with van der Waals surface area (Å²) in [4.78, 5) is 14.1. The first-order chi connectivity index (χ1) is 10.7. The van der Waals surface area contributed by atoms with Gasteiger partial charge in [-0.25, -0.2) is 4.79 Å². The molecule has 0 spiro atoms. The number of halogens is 2. The zero-order valence-electron chi connectivity index (χ0n) is 13.5. The third-order valence-corrected chi connectivity index (χ3v) is 4.38. The Bertz CT molecular complexity index is 575. The molecule has 1 heterocycles. The maximum Gasteiger partial charge on any atom is 0.410 e. The number of nitrogens with two attached hydrogens (primary N) is 1. The van der Waals surface area contributed by atoms with Gasteiger partial charge in [0.25, 0.3) is 0 Å². The van der Waals surface area contributed by atoms with E-state index in [1.165, 1.54) is 0 Å². The summed E-state index contributed by atoms with van der Waals surface area (Å²) < 4.78 is 11.0. The SMILES string of the molecule is CC(C)(C)OC(=O)N1CCOCC1C(N)c1cccc(Cl)c1Cl. The summed E-state index contributed by atoms with van der Waals surface area (Å²) in [5.41, 5.74) is 6.47. The number of carbonyl (C=O) groups is 1. The number of amides is 1.